The van der Waals surface area contributed by atoms with E-state index >= 15 is 0 Å². The third-order valence-corrected chi connectivity index (χ3v) is 3.41. The number of ether oxygens (including phenoxy) is 1. The second-order valence-electron chi connectivity index (χ2n) is 4.28. The minimum Gasteiger partial charge on any atom is -0.493 e. The molecule has 2 rings (SSSR count). The zero-order chi connectivity index (χ0) is 11.4. The molecule has 1 unspecified atom stereocenters. The van der Waals surface area contributed by atoms with Crippen LogP contribution in [0.4, 0.5) is 0 Å². The highest BCUT2D eigenvalue weighted by Crippen LogP contribution is 2.23. The summed E-state index contributed by atoms with van der Waals surface area (Å²) < 4.78 is 5.79. The molecule has 88 valence electrons. The van der Waals surface area contributed by atoms with Crippen molar-refractivity contribution < 1.29 is 4.74 Å². The average molecular weight is 240 g/mol. The van der Waals surface area contributed by atoms with Gasteiger partial charge in [0.1, 0.15) is 5.75 Å². The zero-order valence-electron chi connectivity index (χ0n) is 9.63. The van der Waals surface area contributed by atoms with Gasteiger partial charge in [0.05, 0.1) is 6.61 Å². The average Bonchev–Trinajstić information content (AvgIpc) is 2.81. The molecule has 0 aromatic heterocycles. The fourth-order valence-corrected chi connectivity index (χ4v) is 2.23. The lowest BCUT2D eigenvalue weighted by molar-refractivity contribution is 0.260. The van der Waals surface area contributed by atoms with Gasteiger partial charge in [-0.1, -0.05) is 18.5 Å². The summed E-state index contributed by atoms with van der Waals surface area (Å²) >= 11 is 6.06. The van der Waals surface area contributed by atoms with Gasteiger partial charge in [0.2, 0.25) is 0 Å². The number of nitrogens with one attached hydrogen (secondary N) is 1. The Morgan fingerprint density at radius 1 is 1.50 bits per heavy atom. The largest absolute Gasteiger partial charge is 0.493 e. The van der Waals surface area contributed by atoms with Crippen LogP contribution in [0.2, 0.25) is 5.02 Å². The van der Waals surface area contributed by atoms with Crippen LogP contribution >= 0.6 is 11.6 Å². The van der Waals surface area contributed by atoms with E-state index in [9.17, 15) is 0 Å². The Hall–Kier alpha value is -0.730. The zero-order valence-corrected chi connectivity index (χ0v) is 10.4. The maximum Gasteiger partial charge on any atom is 0.119 e. The standard InChI is InChI=1S/C13H18ClNO/c1-2-11-7-12(3-4-13(11)14)16-9-10-5-6-15-8-10/h3-4,7,10,15H,2,5-6,8-9H2,1H3. The van der Waals surface area contributed by atoms with Crippen LogP contribution in [0.5, 0.6) is 5.75 Å². The van der Waals surface area contributed by atoms with E-state index in [1.54, 1.807) is 0 Å². The van der Waals surface area contributed by atoms with Crippen molar-refractivity contribution in [3.8, 4) is 5.75 Å². The van der Waals surface area contributed by atoms with Crippen molar-refractivity contribution in [2.75, 3.05) is 19.7 Å². The Kier molecular flexibility index (Phi) is 4.08. The van der Waals surface area contributed by atoms with E-state index < -0.39 is 0 Å². The van der Waals surface area contributed by atoms with Gasteiger partial charge in [0, 0.05) is 17.5 Å². The molecule has 1 aliphatic heterocycles. The van der Waals surface area contributed by atoms with Gasteiger partial charge in [0.25, 0.3) is 0 Å². The first-order valence-electron chi connectivity index (χ1n) is 5.91. The van der Waals surface area contributed by atoms with Gasteiger partial charge < -0.3 is 10.1 Å². The van der Waals surface area contributed by atoms with Crippen LogP contribution in [0.3, 0.4) is 0 Å². The Morgan fingerprint density at radius 2 is 2.38 bits per heavy atom. The van der Waals surface area contributed by atoms with E-state index in [0.29, 0.717) is 5.92 Å². The maximum absolute atomic E-state index is 6.06. The molecule has 1 heterocycles. The monoisotopic (exact) mass is 239 g/mol. The van der Waals surface area contributed by atoms with Crippen LogP contribution in [-0.4, -0.2) is 19.7 Å². The summed E-state index contributed by atoms with van der Waals surface area (Å²) in [6, 6.07) is 5.91. The lowest BCUT2D eigenvalue weighted by atomic mass is 10.1. The molecule has 1 saturated heterocycles. The molecule has 3 heteroatoms. The number of hydrogen-bond acceptors (Lipinski definition) is 2. The maximum atomic E-state index is 6.06. The first-order valence-corrected chi connectivity index (χ1v) is 6.29. The van der Waals surface area contributed by atoms with E-state index in [2.05, 4.69) is 12.2 Å². The summed E-state index contributed by atoms with van der Waals surface area (Å²) in [5, 5.41) is 4.17. The predicted octanol–water partition coefficient (Wildman–Crippen LogP) is 2.89. The number of aryl methyl sites for hydroxylation is 1. The van der Waals surface area contributed by atoms with Gasteiger partial charge >= 0.3 is 0 Å². The summed E-state index contributed by atoms with van der Waals surface area (Å²) in [5.74, 6) is 1.59. The molecule has 1 aromatic carbocycles. The quantitative estimate of drug-likeness (QED) is 0.873. The summed E-state index contributed by atoms with van der Waals surface area (Å²) in [6.45, 7) is 5.10. The molecule has 0 amide bonds. The molecular formula is C13H18ClNO. The number of rotatable bonds is 4. The second-order valence-corrected chi connectivity index (χ2v) is 4.68. The van der Waals surface area contributed by atoms with Gasteiger partial charge in [-0.05, 0) is 43.1 Å². The van der Waals surface area contributed by atoms with Gasteiger partial charge in [-0.15, -0.1) is 0 Å². The molecule has 0 saturated carbocycles. The molecule has 0 radical (unpaired) electrons. The summed E-state index contributed by atoms with van der Waals surface area (Å²) in [7, 11) is 0. The fraction of sp³-hybridized carbons (Fsp3) is 0.538. The Bertz CT molecular complexity index is 348. The SMILES string of the molecule is CCc1cc(OCC2CCNC2)ccc1Cl. The molecule has 1 atom stereocenters. The highest BCUT2D eigenvalue weighted by atomic mass is 35.5. The minimum absolute atomic E-state index is 0.653. The van der Waals surface area contributed by atoms with Crippen LogP contribution in [0.15, 0.2) is 18.2 Å². The van der Waals surface area contributed by atoms with Gasteiger partial charge in [-0.25, -0.2) is 0 Å². The molecule has 1 aliphatic rings. The number of benzene rings is 1. The molecule has 2 nitrogen and oxygen atoms in total. The topological polar surface area (TPSA) is 21.3 Å². The van der Waals surface area contributed by atoms with E-state index in [4.69, 9.17) is 16.3 Å². The minimum atomic E-state index is 0.653. The van der Waals surface area contributed by atoms with Crippen molar-refractivity contribution in [2.45, 2.75) is 19.8 Å². The Balaban J connectivity index is 1.93. The van der Waals surface area contributed by atoms with Crippen molar-refractivity contribution in [3.63, 3.8) is 0 Å². The molecule has 0 bridgehead atoms. The first-order chi connectivity index (χ1) is 7.79. The molecule has 16 heavy (non-hydrogen) atoms. The smallest absolute Gasteiger partial charge is 0.119 e. The Labute approximate surface area is 102 Å². The van der Waals surface area contributed by atoms with Crippen molar-refractivity contribution in [1.82, 2.24) is 5.32 Å². The fourth-order valence-electron chi connectivity index (χ4n) is 1.98. The van der Waals surface area contributed by atoms with Crippen LogP contribution in [0.1, 0.15) is 18.9 Å². The van der Waals surface area contributed by atoms with Crippen molar-refractivity contribution in [2.24, 2.45) is 5.92 Å². The number of halogens is 1. The highest BCUT2D eigenvalue weighted by Gasteiger charge is 2.14. The first kappa shape index (κ1) is 11.7. The van der Waals surface area contributed by atoms with Crippen LogP contribution in [0.25, 0.3) is 0 Å². The third kappa shape index (κ3) is 2.89. The van der Waals surface area contributed by atoms with Gasteiger partial charge in [0.15, 0.2) is 0 Å². The molecule has 1 aromatic rings. The molecule has 0 aliphatic carbocycles. The van der Waals surface area contributed by atoms with Crippen LogP contribution in [0, 0.1) is 5.92 Å². The van der Waals surface area contributed by atoms with E-state index in [-0.39, 0.29) is 0 Å². The predicted molar refractivity (Wildman–Crippen MR) is 67.3 cm³/mol. The van der Waals surface area contributed by atoms with Crippen LogP contribution in [-0.2, 0) is 6.42 Å². The van der Waals surface area contributed by atoms with E-state index in [1.165, 1.54) is 6.42 Å². The second kappa shape index (κ2) is 5.55. The van der Waals surface area contributed by atoms with E-state index in [0.717, 1.165) is 42.5 Å². The molecule has 0 spiro atoms. The van der Waals surface area contributed by atoms with Crippen LogP contribution < -0.4 is 10.1 Å². The lowest BCUT2D eigenvalue weighted by Crippen LogP contribution is -2.15. The highest BCUT2D eigenvalue weighted by molar-refractivity contribution is 6.31. The van der Waals surface area contributed by atoms with Crippen molar-refractivity contribution in [1.29, 1.82) is 0 Å². The lowest BCUT2D eigenvalue weighted by Gasteiger charge is -2.12. The summed E-state index contributed by atoms with van der Waals surface area (Å²) in [4.78, 5) is 0. The summed E-state index contributed by atoms with van der Waals surface area (Å²) in [5.41, 5.74) is 1.16. The van der Waals surface area contributed by atoms with E-state index in [1.807, 2.05) is 18.2 Å². The molecule has 1 fully saturated rings. The molecule has 1 N–H and O–H groups in total. The van der Waals surface area contributed by atoms with Gasteiger partial charge in [-0.2, -0.15) is 0 Å². The third-order valence-electron chi connectivity index (χ3n) is 3.05. The summed E-state index contributed by atoms with van der Waals surface area (Å²) in [6.07, 6.45) is 2.16. The Morgan fingerprint density at radius 3 is 3.06 bits per heavy atom. The number of hydrogen-bond donors (Lipinski definition) is 1. The normalized spacial score (nSPS) is 20.0. The van der Waals surface area contributed by atoms with Crippen molar-refractivity contribution >= 4 is 11.6 Å². The van der Waals surface area contributed by atoms with Gasteiger partial charge in [-0.3, -0.25) is 0 Å². The molecular weight excluding hydrogens is 222 g/mol. The van der Waals surface area contributed by atoms with Crippen molar-refractivity contribution in [3.05, 3.63) is 28.8 Å².